The Kier molecular flexibility index (Phi) is 4.22. The highest BCUT2D eigenvalue weighted by atomic mass is 79.9. The van der Waals surface area contributed by atoms with Gasteiger partial charge in [-0.2, -0.15) is 0 Å². The maximum absolute atomic E-state index is 11.0. The van der Waals surface area contributed by atoms with E-state index in [-0.39, 0.29) is 5.56 Å². The fourth-order valence-electron chi connectivity index (χ4n) is 1.77. The Balaban J connectivity index is 2.35. The molecule has 2 aromatic rings. The van der Waals surface area contributed by atoms with Gasteiger partial charge in [-0.05, 0) is 36.2 Å². The Hall–Kier alpha value is -1.81. The van der Waals surface area contributed by atoms with Gasteiger partial charge in [0.2, 0.25) is 0 Å². The Morgan fingerprint density at radius 3 is 2.68 bits per heavy atom. The van der Waals surface area contributed by atoms with Crippen molar-refractivity contribution in [3.05, 3.63) is 58.1 Å². The summed E-state index contributed by atoms with van der Waals surface area (Å²) >= 11 is 3.29. The van der Waals surface area contributed by atoms with Crippen LogP contribution >= 0.6 is 15.9 Å². The molecule has 0 aliphatic heterocycles. The average Bonchev–Trinajstić information content (AvgIpc) is 2.38. The summed E-state index contributed by atoms with van der Waals surface area (Å²) in [5.41, 5.74) is 1.28. The molecule has 0 radical (unpaired) electrons. The molecule has 0 saturated heterocycles. The van der Waals surface area contributed by atoms with Crippen LogP contribution in [0.15, 0.2) is 46.9 Å². The number of hydrogen-bond donors (Lipinski definition) is 1. The normalized spacial score (nSPS) is 10.2. The summed E-state index contributed by atoms with van der Waals surface area (Å²) in [6.07, 6.45) is 0.857. The van der Waals surface area contributed by atoms with E-state index < -0.39 is 5.97 Å². The molecule has 0 aromatic heterocycles. The van der Waals surface area contributed by atoms with Gasteiger partial charge in [0.15, 0.2) is 0 Å². The van der Waals surface area contributed by atoms with Gasteiger partial charge < -0.3 is 9.84 Å². The fraction of sp³-hybridized carbons (Fsp3) is 0.133. The van der Waals surface area contributed by atoms with Crippen molar-refractivity contribution >= 4 is 21.9 Å². The summed E-state index contributed by atoms with van der Waals surface area (Å²) in [5.74, 6) is 0.280. The van der Waals surface area contributed by atoms with Crippen LogP contribution in [0.4, 0.5) is 0 Å². The summed E-state index contributed by atoms with van der Waals surface area (Å²) in [6.45, 7) is 2.05. The molecule has 19 heavy (non-hydrogen) atoms. The zero-order valence-corrected chi connectivity index (χ0v) is 12.0. The Morgan fingerprint density at radius 1 is 1.26 bits per heavy atom. The molecule has 0 aliphatic carbocycles. The second-order valence-corrected chi connectivity index (χ2v) is 4.96. The Morgan fingerprint density at radius 2 is 2.00 bits per heavy atom. The largest absolute Gasteiger partial charge is 0.478 e. The predicted molar refractivity (Wildman–Crippen MR) is 77.0 cm³/mol. The molecule has 0 bridgehead atoms. The minimum absolute atomic E-state index is 0.193. The molecular formula is C15H13BrO3. The van der Waals surface area contributed by atoms with Gasteiger partial charge in [0.25, 0.3) is 0 Å². The minimum atomic E-state index is -0.977. The van der Waals surface area contributed by atoms with Crippen molar-refractivity contribution in [2.45, 2.75) is 13.3 Å². The van der Waals surface area contributed by atoms with Crippen molar-refractivity contribution < 1.29 is 14.6 Å². The van der Waals surface area contributed by atoms with E-state index in [0.29, 0.717) is 10.2 Å². The quantitative estimate of drug-likeness (QED) is 0.902. The van der Waals surface area contributed by atoms with Gasteiger partial charge in [-0.1, -0.05) is 41.1 Å². The molecule has 0 fully saturated rings. The lowest BCUT2D eigenvalue weighted by Crippen LogP contribution is -1.97. The van der Waals surface area contributed by atoms with Crippen LogP contribution in [0, 0.1) is 0 Å². The number of rotatable bonds is 4. The second-order valence-electron chi connectivity index (χ2n) is 4.04. The Labute approximate surface area is 120 Å². The molecule has 2 rings (SSSR count). The molecule has 0 aliphatic rings. The summed E-state index contributed by atoms with van der Waals surface area (Å²) in [7, 11) is 0. The van der Waals surface area contributed by atoms with E-state index in [9.17, 15) is 4.79 Å². The Bertz CT molecular complexity index is 608. The summed E-state index contributed by atoms with van der Waals surface area (Å²) in [4.78, 5) is 11.0. The molecule has 3 nitrogen and oxygen atoms in total. The lowest BCUT2D eigenvalue weighted by Gasteiger charge is -2.10. The zero-order chi connectivity index (χ0) is 13.8. The van der Waals surface area contributed by atoms with Crippen molar-refractivity contribution in [1.82, 2.24) is 0 Å². The highest BCUT2D eigenvalue weighted by Crippen LogP contribution is 2.29. The number of para-hydroxylation sites is 1. The van der Waals surface area contributed by atoms with Crippen molar-refractivity contribution in [3.8, 4) is 11.5 Å². The van der Waals surface area contributed by atoms with Crippen LogP contribution in [-0.4, -0.2) is 11.1 Å². The molecule has 0 saturated carbocycles. The van der Waals surface area contributed by atoms with Crippen LogP contribution in [0.2, 0.25) is 0 Å². The zero-order valence-electron chi connectivity index (χ0n) is 10.4. The van der Waals surface area contributed by atoms with E-state index in [1.807, 2.05) is 31.2 Å². The number of aryl methyl sites for hydroxylation is 1. The fourth-order valence-corrected chi connectivity index (χ4v) is 2.24. The third-order valence-electron chi connectivity index (χ3n) is 2.70. The third kappa shape index (κ3) is 3.35. The molecule has 1 N–H and O–H groups in total. The molecule has 0 atom stereocenters. The van der Waals surface area contributed by atoms with E-state index in [1.54, 1.807) is 12.1 Å². The molecule has 98 valence electrons. The first-order chi connectivity index (χ1) is 9.10. The van der Waals surface area contributed by atoms with Crippen LogP contribution in [0.25, 0.3) is 0 Å². The van der Waals surface area contributed by atoms with Crippen LogP contribution in [0.1, 0.15) is 22.8 Å². The van der Waals surface area contributed by atoms with Gasteiger partial charge in [-0.3, -0.25) is 0 Å². The van der Waals surface area contributed by atoms with Crippen LogP contribution in [0.3, 0.4) is 0 Å². The number of carboxylic acids is 1. The van der Waals surface area contributed by atoms with Gasteiger partial charge in [0, 0.05) is 4.47 Å². The number of hydrogen-bond acceptors (Lipinski definition) is 2. The number of ether oxygens (including phenoxy) is 1. The number of carboxylic acid groups (broad SMARTS) is 1. The van der Waals surface area contributed by atoms with Crippen LogP contribution < -0.4 is 4.74 Å². The summed E-state index contributed by atoms with van der Waals surface area (Å²) < 4.78 is 6.46. The second kappa shape index (κ2) is 5.89. The van der Waals surface area contributed by atoms with Gasteiger partial charge >= 0.3 is 5.97 Å². The van der Waals surface area contributed by atoms with E-state index in [1.165, 1.54) is 6.07 Å². The average molecular weight is 321 g/mol. The van der Waals surface area contributed by atoms with Gasteiger partial charge in [0.05, 0.1) is 5.56 Å². The minimum Gasteiger partial charge on any atom is -0.478 e. The number of halogens is 1. The van der Waals surface area contributed by atoms with E-state index in [2.05, 4.69) is 15.9 Å². The van der Waals surface area contributed by atoms with E-state index >= 15 is 0 Å². The van der Waals surface area contributed by atoms with E-state index in [0.717, 1.165) is 17.7 Å². The first-order valence-electron chi connectivity index (χ1n) is 5.90. The topological polar surface area (TPSA) is 46.5 Å². The lowest BCUT2D eigenvalue weighted by molar-refractivity contribution is 0.0696. The van der Waals surface area contributed by atoms with Gasteiger partial charge in [-0.15, -0.1) is 0 Å². The first kappa shape index (κ1) is 13.6. The molecule has 0 spiro atoms. The lowest BCUT2D eigenvalue weighted by atomic mass is 10.1. The first-order valence-corrected chi connectivity index (χ1v) is 6.69. The molecule has 0 unspecified atom stereocenters. The molecule has 2 aromatic carbocycles. The summed E-state index contributed by atoms with van der Waals surface area (Å²) in [6, 6.07) is 12.5. The van der Waals surface area contributed by atoms with Crippen LogP contribution in [0.5, 0.6) is 11.5 Å². The van der Waals surface area contributed by atoms with Crippen molar-refractivity contribution in [2.75, 3.05) is 0 Å². The molecule has 0 heterocycles. The standard InChI is InChI=1S/C15H13BrO3/c1-2-10-5-3-4-6-14(10)19-13-8-11(15(17)18)7-12(16)9-13/h3-9H,2H2,1H3,(H,17,18). The number of benzene rings is 2. The number of carbonyl (C=O) groups is 1. The summed E-state index contributed by atoms with van der Waals surface area (Å²) in [5, 5.41) is 9.02. The van der Waals surface area contributed by atoms with Gasteiger partial charge in [-0.25, -0.2) is 4.79 Å². The van der Waals surface area contributed by atoms with Crippen molar-refractivity contribution in [1.29, 1.82) is 0 Å². The molecule has 0 amide bonds. The molecule has 4 heteroatoms. The van der Waals surface area contributed by atoms with Crippen molar-refractivity contribution in [2.24, 2.45) is 0 Å². The third-order valence-corrected chi connectivity index (χ3v) is 3.16. The predicted octanol–water partition coefficient (Wildman–Crippen LogP) is 4.50. The maximum atomic E-state index is 11.0. The highest BCUT2D eigenvalue weighted by molar-refractivity contribution is 9.10. The van der Waals surface area contributed by atoms with Crippen LogP contribution in [-0.2, 0) is 6.42 Å². The molecular weight excluding hydrogens is 308 g/mol. The van der Waals surface area contributed by atoms with Crippen molar-refractivity contribution in [3.63, 3.8) is 0 Å². The van der Waals surface area contributed by atoms with Gasteiger partial charge in [0.1, 0.15) is 11.5 Å². The monoisotopic (exact) mass is 320 g/mol. The SMILES string of the molecule is CCc1ccccc1Oc1cc(Br)cc(C(=O)O)c1. The maximum Gasteiger partial charge on any atom is 0.335 e. The van der Waals surface area contributed by atoms with E-state index in [4.69, 9.17) is 9.84 Å². The smallest absolute Gasteiger partial charge is 0.335 e. The number of aromatic carboxylic acids is 1. The highest BCUT2D eigenvalue weighted by Gasteiger charge is 2.09.